The third-order valence-electron chi connectivity index (χ3n) is 30.2. The van der Waals surface area contributed by atoms with Gasteiger partial charge in [0.1, 0.15) is 0 Å². The number of hydrogen-bond acceptors (Lipinski definition) is 2. The van der Waals surface area contributed by atoms with Crippen LogP contribution in [-0.4, -0.2) is 18.3 Å². The van der Waals surface area contributed by atoms with Crippen molar-refractivity contribution >= 4 is 132 Å². The summed E-state index contributed by atoms with van der Waals surface area (Å²) >= 11 is 0. The van der Waals surface area contributed by atoms with Gasteiger partial charge in [-0.25, -0.2) is 0 Å². The van der Waals surface area contributed by atoms with Crippen molar-refractivity contribution in [2.24, 2.45) is 0 Å². The van der Waals surface area contributed by atoms with Crippen LogP contribution in [0.1, 0.15) is 0 Å². The van der Waals surface area contributed by atoms with Crippen LogP contribution in [0.25, 0.3) is 232 Å². The Morgan fingerprint density at radius 3 is 0.736 bits per heavy atom. The van der Waals surface area contributed by atoms with Gasteiger partial charge in [-0.2, -0.15) is 0 Å². The van der Waals surface area contributed by atoms with Crippen molar-refractivity contribution in [3.8, 4) is 134 Å². The fraction of sp³-hybridized carbons (Fsp3) is 0. The molecule has 0 aliphatic rings. The van der Waals surface area contributed by atoms with Crippen molar-refractivity contribution in [1.29, 1.82) is 0 Å². The van der Waals surface area contributed by atoms with E-state index >= 15 is 0 Å². The summed E-state index contributed by atoms with van der Waals surface area (Å²) in [7, 11) is 0. The maximum atomic E-state index is 2.45. The number of hydrogen-bond donors (Lipinski definition) is 0. The van der Waals surface area contributed by atoms with Gasteiger partial charge >= 0.3 is 0 Å². The topological polar surface area (TPSA) is 26.2 Å². The van der Waals surface area contributed by atoms with E-state index in [2.05, 4.69) is 598 Å². The normalized spacial score (nSPS) is 11.6. The second-order valence-corrected chi connectivity index (χ2v) is 38.7. The monoisotopic (exact) mass is 1880 g/mol. The first-order chi connectivity index (χ1) is 73.4. The van der Waals surface area contributed by atoms with E-state index in [1.54, 1.807) is 0 Å². The van der Waals surface area contributed by atoms with E-state index in [-0.39, 0.29) is 0 Å². The van der Waals surface area contributed by atoms with Crippen molar-refractivity contribution in [1.82, 2.24) is 18.3 Å². The van der Waals surface area contributed by atoms with Gasteiger partial charge < -0.3 is 28.1 Å². The lowest BCUT2D eigenvalue weighted by molar-refractivity contribution is 1.18. The maximum Gasteiger partial charge on any atom is 0.0547 e. The molecule has 6 nitrogen and oxygen atoms in total. The molecule has 0 atom stereocenters. The molecule has 6 heteroatoms. The van der Waals surface area contributed by atoms with E-state index in [1.165, 1.54) is 126 Å². The fourth-order valence-corrected chi connectivity index (χ4v) is 23.0. The lowest BCUT2D eigenvalue weighted by Crippen LogP contribution is -2.10. The molecule has 0 N–H and O–H groups in total. The van der Waals surface area contributed by atoms with Crippen molar-refractivity contribution in [2.45, 2.75) is 0 Å². The van der Waals surface area contributed by atoms with E-state index in [1.807, 2.05) is 0 Å². The lowest BCUT2D eigenvalue weighted by atomic mass is 9.95. The minimum atomic E-state index is 1.05. The molecule has 692 valence electrons. The lowest BCUT2D eigenvalue weighted by Gasteiger charge is -2.28. The van der Waals surface area contributed by atoms with Gasteiger partial charge in [0.05, 0.1) is 49.8 Å². The van der Waals surface area contributed by atoms with Crippen LogP contribution in [0.5, 0.6) is 0 Å². The predicted molar refractivity (Wildman–Crippen MR) is 625 cm³/mol. The summed E-state index contributed by atoms with van der Waals surface area (Å²) in [4.78, 5) is 4.80. The van der Waals surface area contributed by atoms with Crippen LogP contribution >= 0.6 is 0 Å². The largest absolute Gasteiger partial charge is 0.311 e. The number of fused-ring (bicyclic) bond motifs is 13. The van der Waals surface area contributed by atoms with Crippen molar-refractivity contribution in [2.75, 3.05) is 9.80 Å². The van der Waals surface area contributed by atoms with Gasteiger partial charge in [-0.3, -0.25) is 0 Å². The summed E-state index contributed by atoms with van der Waals surface area (Å²) < 4.78 is 9.61. The average molecular weight is 1880 g/mol. The summed E-state index contributed by atoms with van der Waals surface area (Å²) in [5.41, 5.74) is 43.6. The van der Waals surface area contributed by atoms with Crippen LogP contribution in [0.15, 0.2) is 570 Å². The Balaban J connectivity index is 0.462. The van der Waals surface area contributed by atoms with Gasteiger partial charge in [-0.1, -0.05) is 388 Å². The summed E-state index contributed by atoms with van der Waals surface area (Å²) in [6.07, 6.45) is 0. The molecule has 4 heterocycles. The number of aromatic nitrogens is 4. The number of benzene rings is 24. The van der Waals surface area contributed by atoms with E-state index in [9.17, 15) is 0 Å². The first-order valence-corrected chi connectivity index (χ1v) is 50.9. The molecular formula is C142H94N6. The van der Waals surface area contributed by atoms with Crippen molar-refractivity contribution < 1.29 is 0 Å². The molecule has 148 heavy (non-hydrogen) atoms. The molecule has 0 saturated carbocycles. The Bertz CT molecular complexity index is 9940. The van der Waals surface area contributed by atoms with Gasteiger partial charge in [0, 0.05) is 99.7 Å². The highest BCUT2D eigenvalue weighted by Crippen LogP contribution is 2.49. The second kappa shape index (κ2) is 36.4. The number of nitrogens with zero attached hydrogens (tertiary/aromatic N) is 6. The van der Waals surface area contributed by atoms with Crippen LogP contribution in [-0.2, 0) is 0 Å². The Labute approximate surface area is 858 Å². The predicted octanol–water partition coefficient (Wildman–Crippen LogP) is 38.8. The third kappa shape index (κ3) is 15.3. The van der Waals surface area contributed by atoms with Crippen LogP contribution < -0.4 is 9.80 Å². The first-order valence-electron chi connectivity index (χ1n) is 50.9. The highest BCUT2D eigenvalue weighted by molar-refractivity contribution is 6.16. The minimum Gasteiger partial charge on any atom is -0.311 e. The fourth-order valence-electron chi connectivity index (χ4n) is 23.0. The number of anilines is 6. The Morgan fingerprint density at radius 2 is 0.338 bits per heavy atom. The molecule has 4 aromatic heterocycles. The molecule has 0 aliphatic carbocycles. The Hall–Kier alpha value is -19.7. The molecule has 0 fully saturated rings. The molecule has 28 rings (SSSR count). The molecule has 24 aromatic carbocycles. The van der Waals surface area contributed by atoms with E-state index < -0.39 is 0 Å². The van der Waals surface area contributed by atoms with Gasteiger partial charge in [0.25, 0.3) is 0 Å². The van der Waals surface area contributed by atoms with Crippen molar-refractivity contribution in [3.05, 3.63) is 570 Å². The Morgan fingerprint density at radius 1 is 0.108 bits per heavy atom. The zero-order valence-electron chi connectivity index (χ0n) is 81.0. The molecule has 28 aromatic rings. The first kappa shape index (κ1) is 86.2. The summed E-state index contributed by atoms with van der Waals surface area (Å²) in [6.45, 7) is 0. The smallest absolute Gasteiger partial charge is 0.0547 e. The molecule has 0 unspecified atom stereocenters. The number of rotatable bonds is 20. The standard InChI is InChI=1S/C142H94N6/c1-5-25-95(26-6-1)99-59-73-117(74-60-99)143(118-75-61-100(62-76-118)96-47-53-103(54-48-96)110-71-86-139-132(91-110)128-41-17-21-45-136(128)145(139)114-30-7-2-8-31-114)119-77-63-101(64-78-119)97-49-57-105(58-50-97)112-70-84-131-127-40-16-20-44-135(127)148(142(131)94-112)122-36-24-29-109(90-122)108-28-23-27-107(89-108)106-67-81-121(82-68-106)144(138-88-85-123(124-37-13-14-38-125(124)138)113-72-87-140-133(92-113)129-42-18-22-46-137(129)146(140)115-32-9-3-10-33-115)120-79-65-102(66-80-120)98-51-55-104(56-52-98)111-69-83-130-126-39-15-19-43-134(126)147(141(130)93-111)116-34-11-4-12-35-116/h1-94H. The Kier molecular flexibility index (Phi) is 21.2. The minimum absolute atomic E-state index is 1.05. The molecule has 0 bridgehead atoms. The van der Waals surface area contributed by atoms with Gasteiger partial charge in [-0.15, -0.1) is 0 Å². The molecule has 0 amide bonds. The highest BCUT2D eigenvalue weighted by atomic mass is 15.2. The SMILES string of the molecule is c1ccc(-c2ccc(N(c3ccc(-c4ccc(-c5ccc6c(c5)c5ccccc5n6-c5ccccc5)cc4)cc3)c3ccc(-c4ccc(-c5ccc6c7ccccc7n(-c7cccc(-c8cccc(-c9ccc(N(c%10ccc(-c%11ccc(-c%12ccc%13c%14ccccc%14n(-c%14ccccc%14)c%13c%12)cc%11)cc%10)c%10ccc(-c%11ccc%12c(c%11)c%11ccccc%11n%12-c%11ccccc%11)c%11ccccc%10%11)cc9)c8)c7)c6c5)cc4)cc3)cc2)cc1. The molecule has 0 spiro atoms. The van der Waals surface area contributed by atoms with Gasteiger partial charge in [0.2, 0.25) is 0 Å². The zero-order valence-corrected chi connectivity index (χ0v) is 81.0. The molecular weight excluding hydrogens is 1790 g/mol. The van der Waals surface area contributed by atoms with Crippen LogP contribution in [0, 0.1) is 0 Å². The maximum absolute atomic E-state index is 2.45. The van der Waals surface area contributed by atoms with E-state index in [4.69, 9.17) is 0 Å². The zero-order chi connectivity index (χ0) is 97.6. The molecule has 0 saturated heterocycles. The summed E-state index contributed by atoms with van der Waals surface area (Å²) in [6, 6.07) is 210. The van der Waals surface area contributed by atoms with Crippen LogP contribution in [0.2, 0.25) is 0 Å². The highest BCUT2D eigenvalue weighted by Gasteiger charge is 2.25. The van der Waals surface area contributed by atoms with Gasteiger partial charge in [-0.05, 0) is 299 Å². The molecule has 0 radical (unpaired) electrons. The summed E-state index contributed by atoms with van der Waals surface area (Å²) in [5, 5.41) is 12.2. The van der Waals surface area contributed by atoms with E-state index in [0.29, 0.717) is 0 Å². The van der Waals surface area contributed by atoms with E-state index in [0.717, 1.165) is 140 Å². The van der Waals surface area contributed by atoms with Gasteiger partial charge in [0.15, 0.2) is 0 Å². The van der Waals surface area contributed by atoms with Crippen LogP contribution in [0.3, 0.4) is 0 Å². The van der Waals surface area contributed by atoms with Crippen LogP contribution in [0.4, 0.5) is 34.1 Å². The quantitative estimate of drug-likeness (QED) is 0.0760. The second-order valence-electron chi connectivity index (χ2n) is 38.7. The number of para-hydroxylation sites is 7. The molecule has 0 aliphatic heterocycles. The van der Waals surface area contributed by atoms with Crippen molar-refractivity contribution in [3.63, 3.8) is 0 Å². The third-order valence-corrected chi connectivity index (χ3v) is 30.2. The average Bonchev–Trinajstić information content (AvgIpc) is 1.24. The summed E-state index contributed by atoms with van der Waals surface area (Å²) in [5.74, 6) is 0.